The topological polar surface area (TPSA) is 98.3 Å². The molecule has 7 nitrogen and oxygen atoms in total. The summed E-state index contributed by atoms with van der Waals surface area (Å²) in [6.07, 6.45) is 0. The van der Waals surface area contributed by atoms with Crippen molar-refractivity contribution in [1.29, 1.82) is 0 Å². The number of aromatic nitrogens is 2. The second-order valence-electron chi connectivity index (χ2n) is 5.29. The van der Waals surface area contributed by atoms with Crippen molar-refractivity contribution in [2.45, 2.75) is 13.5 Å². The van der Waals surface area contributed by atoms with Gasteiger partial charge in [-0.1, -0.05) is 11.6 Å². The Bertz CT molecular complexity index is 981. The first-order valence-corrected chi connectivity index (χ1v) is 7.37. The van der Waals surface area contributed by atoms with Crippen LogP contribution in [0.3, 0.4) is 0 Å². The number of imidazole rings is 1. The number of halogens is 1. The normalized spacial score (nSPS) is 10.9. The fourth-order valence-corrected chi connectivity index (χ4v) is 2.76. The van der Waals surface area contributed by atoms with Crippen LogP contribution in [0, 0.1) is 17.0 Å². The SMILES string of the molecule is Cc1nc2ccc(C(=O)O)cc2n1Cc1ccc([N+](=O)[O-])cc1Cl. The Kier molecular flexibility index (Phi) is 3.94. The molecule has 0 aliphatic rings. The summed E-state index contributed by atoms with van der Waals surface area (Å²) in [6.45, 7) is 2.14. The van der Waals surface area contributed by atoms with Gasteiger partial charge in [0.05, 0.1) is 33.1 Å². The zero-order chi connectivity index (χ0) is 17.4. The van der Waals surface area contributed by atoms with Gasteiger partial charge in [-0.15, -0.1) is 0 Å². The molecule has 0 amide bonds. The van der Waals surface area contributed by atoms with E-state index in [9.17, 15) is 14.9 Å². The van der Waals surface area contributed by atoms with Crippen molar-refractivity contribution in [3.8, 4) is 0 Å². The Hall–Kier alpha value is -2.93. The molecule has 122 valence electrons. The van der Waals surface area contributed by atoms with E-state index in [0.29, 0.717) is 29.0 Å². The van der Waals surface area contributed by atoms with E-state index in [0.717, 1.165) is 0 Å². The third-order valence-corrected chi connectivity index (χ3v) is 4.11. The maximum atomic E-state index is 11.2. The van der Waals surface area contributed by atoms with Crippen LogP contribution in [0.4, 0.5) is 5.69 Å². The predicted molar refractivity (Wildman–Crippen MR) is 88.6 cm³/mol. The van der Waals surface area contributed by atoms with Crippen molar-refractivity contribution in [2.75, 3.05) is 0 Å². The zero-order valence-electron chi connectivity index (χ0n) is 12.6. The number of non-ortho nitro benzene ring substituents is 1. The molecule has 0 aliphatic heterocycles. The van der Waals surface area contributed by atoms with E-state index in [-0.39, 0.29) is 16.3 Å². The molecule has 24 heavy (non-hydrogen) atoms. The first-order valence-electron chi connectivity index (χ1n) is 7.00. The van der Waals surface area contributed by atoms with Crippen LogP contribution >= 0.6 is 11.6 Å². The maximum absolute atomic E-state index is 11.2. The molecule has 1 heterocycles. The average molecular weight is 346 g/mol. The quantitative estimate of drug-likeness (QED) is 0.574. The lowest BCUT2D eigenvalue weighted by Crippen LogP contribution is -2.04. The second-order valence-corrected chi connectivity index (χ2v) is 5.69. The molecule has 3 rings (SSSR count). The first-order chi connectivity index (χ1) is 11.4. The molecule has 1 N–H and O–H groups in total. The third kappa shape index (κ3) is 2.81. The molecule has 0 saturated heterocycles. The van der Waals surface area contributed by atoms with Crippen molar-refractivity contribution in [2.24, 2.45) is 0 Å². The minimum atomic E-state index is -1.02. The van der Waals surface area contributed by atoms with Crippen LogP contribution in [-0.4, -0.2) is 25.6 Å². The van der Waals surface area contributed by atoms with Crippen LogP contribution < -0.4 is 0 Å². The molecule has 0 spiro atoms. The summed E-state index contributed by atoms with van der Waals surface area (Å²) < 4.78 is 1.83. The van der Waals surface area contributed by atoms with Gasteiger partial charge in [0.25, 0.3) is 5.69 Å². The molecule has 0 radical (unpaired) electrons. The number of benzene rings is 2. The number of carboxylic acids is 1. The largest absolute Gasteiger partial charge is 0.478 e. The molecular formula is C16H12ClN3O4. The van der Waals surface area contributed by atoms with Gasteiger partial charge in [0.2, 0.25) is 0 Å². The van der Waals surface area contributed by atoms with Crippen LogP contribution in [-0.2, 0) is 6.54 Å². The number of aromatic carboxylic acids is 1. The molecule has 2 aromatic carbocycles. The number of nitro groups is 1. The molecule has 0 atom stereocenters. The third-order valence-electron chi connectivity index (χ3n) is 3.76. The van der Waals surface area contributed by atoms with E-state index in [1.807, 2.05) is 4.57 Å². The van der Waals surface area contributed by atoms with Gasteiger partial charge in [-0.2, -0.15) is 0 Å². The lowest BCUT2D eigenvalue weighted by molar-refractivity contribution is -0.384. The van der Waals surface area contributed by atoms with E-state index in [2.05, 4.69) is 4.98 Å². The number of nitrogens with zero attached hydrogens (tertiary/aromatic N) is 3. The fraction of sp³-hybridized carbons (Fsp3) is 0.125. The number of rotatable bonds is 4. The summed E-state index contributed by atoms with van der Waals surface area (Å²) in [6, 6.07) is 8.98. The Morgan fingerprint density at radius 1 is 1.33 bits per heavy atom. The molecule has 0 fully saturated rings. The second kappa shape index (κ2) is 5.93. The molecule has 8 heteroatoms. The van der Waals surface area contributed by atoms with Gasteiger partial charge in [-0.05, 0) is 36.8 Å². The predicted octanol–water partition coefficient (Wildman–Crippen LogP) is 3.65. The summed E-state index contributed by atoms with van der Waals surface area (Å²) in [4.78, 5) is 25.8. The van der Waals surface area contributed by atoms with E-state index >= 15 is 0 Å². The number of carbonyl (C=O) groups is 1. The van der Waals surface area contributed by atoms with Crippen molar-refractivity contribution in [3.63, 3.8) is 0 Å². The van der Waals surface area contributed by atoms with Crippen LogP contribution in [0.1, 0.15) is 21.7 Å². The fourth-order valence-electron chi connectivity index (χ4n) is 2.52. The van der Waals surface area contributed by atoms with Crippen LogP contribution in [0.15, 0.2) is 36.4 Å². The molecule has 0 unspecified atom stereocenters. The summed E-state index contributed by atoms with van der Waals surface area (Å²) in [5.41, 5.74) is 2.12. The lowest BCUT2D eigenvalue weighted by Gasteiger charge is -2.09. The van der Waals surface area contributed by atoms with Crippen LogP contribution in [0.2, 0.25) is 5.02 Å². The van der Waals surface area contributed by atoms with Gasteiger partial charge >= 0.3 is 5.97 Å². The molecule has 1 aromatic heterocycles. The number of hydrogen-bond donors (Lipinski definition) is 1. The number of carboxylic acid groups (broad SMARTS) is 1. The van der Waals surface area contributed by atoms with Crippen molar-refractivity contribution < 1.29 is 14.8 Å². The Morgan fingerprint density at radius 2 is 2.08 bits per heavy atom. The first kappa shape index (κ1) is 15.9. The van der Waals surface area contributed by atoms with Gasteiger partial charge in [-0.25, -0.2) is 9.78 Å². The summed E-state index contributed by atoms with van der Waals surface area (Å²) in [7, 11) is 0. The number of aryl methyl sites for hydroxylation is 1. The Labute approximate surface area is 141 Å². The Balaban J connectivity index is 2.06. The molecule has 3 aromatic rings. The molecule has 0 bridgehead atoms. The number of nitro benzene ring substituents is 1. The van der Waals surface area contributed by atoms with E-state index < -0.39 is 10.9 Å². The molecular weight excluding hydrogens is 334 g/mol. The van der Waals surface area contributed by atoms with E-state index in [1.165, 1.54) is 18.2 Å². The van der Waals surface area contributed by atoms with E-state index in [4.69, 9.17) is 16.7 Å². The maximum Gasteiger partial charge on any atom is 0.335 e. The van der Waals surface area contributed by atoms with Crippen molar-refractivity contribution >= 4 is 34.3 Å². The highest BCUT2D eigenvalue weighted by Crippen LogP contribution is 2.26. The van der Waals surface area contributed by atoms with Gasteiger partial charge in [-0.3, -0.25) is 10.1 Å². The summed E-state index contributed by atoms with van der Waals surface area (Å²) >= 11 is 6.14. The van der Waals surface area contributed by atoms with Gasteiger partial charge < -0.3 is 9.67 Å². The zero-order valence-corrected chi connectivity index (χ0v) is 13.3. The van der Waals surface area contributed by atoms with Gasteiger partial charge in [0.15, 0.2) is 0 Å². The number of hydrogen-bond acceptors (Lipinski definition) is 4. The molecule has 0 aliphatic carbocycles. The van der Waals surface area contributed by atoms with Crippen LogP contribution in [0.25, 0.3) is 11.0 Å². The van der Waals surface area contributed by atoms with Crippen LogP contribution in [0.5, 0.6) is 0 Å². The van der Waals surface area contributed by atoms with Gasteiger partial charge in [0.1, 0.15) is 5.82 Å². The standard InChI is InChI=1S/C16H12ClN3O4/c1-9-18-14-5-3-10(16(21)22)6-15(14)19(9)8-11-2-4-12(20(23)24)7-13(11)17/h2-7H,8H2,1H3,(H,21,22). The smallest absolute Gasteiger partial charge is 0.335 e. The highest BCUT2D eigenvalue weighted by Gasteiger charge is 2.14. The van der Waals surface area contributed by atoms with Gasteiger partial charge in [0, 0.05) is 12.1 Å². The minimum Gasteiger partial charge on any atom is -0.478 e. The molecule has 0 saturated carbocycles. The Morgan fingerprint density at radius 3 is 2.71 bits per heavy atom. The van der Waals surface area contributed by atoms with Crippen molar-refractivity contribution in [1.82, 2.24) is 9.55 Å². The highest BCUT2D eigenvalue weighted by molar-refractivity contribution is 6.31. The average Bonchev–Trinajstić information content (AvgIpc) is 2.84. The van der Waals surface area contributed by atoms with Crippen molar-refractivity contribution in [3.05, 3.63) is 68.5 Å². The minimum absolute atomic E-state index is 0.0795. The monoisotopic (exact) mass is 345 g/mol. The summed E-state index contributed by atoms with van der Waals surface area (Å²) in [5.74, 6) is -0.322. The lowest BCUT2D eigenvalue weighted by atomic mass is 10.1. The van der Waals surface area contributed by atoms with E-state index in [1.54, 1.807) is 25.1 Å². The number of fused-ring (bicyclic) bond motifs is 1. The summed E-state index contributed by atoms with van der Waals surface area (Å²) in [5, 5.41) is 20.2. The highest BCUT2D eigenvalue weighted by atomic mass is 35.5.